The van der Waals surface area contributed by atoms with E-state index < -0.39 is 0 Å². The molecule has 0 bridgehead atoms. The summed E-state index contributed by atoms with van der Waals surface area (Å²) < 4.78 is 12.3. The molecule has 1 aliphatic rings. The molecular weight excluding hydrogens is 422 g/mol. The SMILES string of the molecule is CC1CCCC[NH+]1Cc1c([O-])ccc2c(=O)c(Oc3ccccc3Br)coc12. The number of likely N-dealkylation sites (tertiary alicyclic amines) is 1. The molecule has 1 fully saturated rings. The maximum absolute atomic E-state index is 13.0. The number of hydrogen-bond acceptors (Lipinski definition) is 4. The molecule has 146 valence electrons. The van der Waals surface area contributed by atoms with Gasteiger partial charge in [0.15, 0.2) is 0 Å². The van der Waals surface area contributed by atoms with Crippen LogP contribution in [-0.2, 0) is 6.54 Å². The van der Waals surface area contributed by atoms with E-state index in [1.165, 1.54) is 29.7 Å². The fourth-order valence-corrected chi connectivity index (χ4v) is 4.21. The van der Waals surface area contributed by atoms with E-state index in [4.69, 9.17) is 9.15 Å². The molecular formula is C22H22BrNO4. The average molecular weight is 444 g/mol. The zero-order chi connectivity index (χ0) is 19.7. The van der Waals surface area contributed by atoms with Crippen LogP contribution >= 0.6 is 15.9 Å². The lowest BCUT2D eigenvalue weighted by Crippen LogP contribution is -3.14. The van der Waals surface area contributed by atoms with Crippen LogP contribution in [0.2, 0.25) is 0 Å². The molecule has 1 aliphatic heterocycles. The van der Waals surface area contributed by atoms with Gasteiger partial charge < -0.3 is 19.2 Å². The van der Waals surface area contributed by atoms with E-state index >= 15 is 0 Å². The van der Waals surface area contributed by atoms with Gasteiger partial charge in [-0.3, -0.25) is 4.79 Å². The van der Waals surface area contributed by atoms with Gasteiger partial charge >= 0.3 is 0 Å². The van der Waals surface area contributed by atoms with E-state index in [1.54, 1.807) is 6.07 Å². The first-order valence-electron chi connectivity index (χ1n) is 9.56. The molecule has 28 heavy (non-hydrogen) atoms. The number of fused-ring (bicyclic) bond motifs is 1. The summed E-state index contributed by atoms with van der Waals surface area (Å²) in [5.41, 5.74) is 0.674. The second kappa shape index (κ2) is 7.97. The molecule has 1 saturated heterocycles. The highest BCUT2D eigenvalue weighted by Gasteiger charge is 2.24. The molecule has 1 aromatic heterocycles. The first-order chi connectivity index (χ1) is 13.5. The average Bonchev–Trinajstić information content (AvgIpc) is 2.69. The van der Waals surface area contributed by atoms with Crippen LogP contribution < -0.4 is 20.2 Å². The third-order valence-corrected chi connectivity index (χ3v) is 6.17. The van der Waals surface area contributed by atoms with Crippen LogP contribution in [0.25, 0.3) is 11.0 Å². The van der Waals surface area contributed by atoms with E-state index in [-0.39, 0.29) is 16.9 Å². The maximum Gasteiger partial charge on any atom is 0.235 e. The highest BCUT2D eigenvalue weighted by atomic mass is 79.9. The van der Waals surface area contributed by atoms with Crippen molar-refractivity contribution in [3.8, 4) is 17.2 Å². The van der Waals surface area contributed by atoms with Crippen LogP contribution in [-0.4, -0.2) is 12.6 Å². The molecule has 2 atom stereocenters. The number of rotatable bonds is 4. The van der Waals surface area contributed by atoms with Crippen molar-refractivity contribution in [3.63, 3.8) is 0 Å². The smallest absolute Gasteiger partial charge is 0.235 e. The maximum atomic E-state index is 13.0. The third-order valence-electron chi connectivity index (χ3n) is 5.51. The van der Waals surface area contributed by atoms with Crippen LogP contribution in [0.4, 0.5) is 0 Å². The summed E-state index contributed by atoms with van der Waals surface area (Å²) in [5, 5.41) is 12.9. The van der Waals surface area contributed by atoms with Crippen molar-refractivity contribution < 1.29 is 19.2 Å². The number of piperidine rings is 1. The van der Waals surface area contributed by atoms with Gasteiger partial charge in [-0.15, -0.1) is 0 Å². The predicted octanol–water partition coefficient (Wildman–Crippen LogP) is 3.38. The molecule has 0 aliphatic carbocycles. The van der Waals surface area contributed by atoms with Crippen LogP contribution in [0.3, 0.4) is 0 Å². The van der Waals surface area contributed by atoms with Crippen molar-refractivity contribution in [2.45, 2.75) is 38.8 Å². The molecule has 0 amide bonds. The summed E-state index contributed by atoms with van der Waals surface area (Å²) in [7, 11) is 0. The van der Waals surface area contributed by atoms with Crippen molar-refractivity contribution >= 4 is 26.9 Å². The molecule has 6 heteroatoms. The number of benzene rings is 2. The van der Waals surface area contributed by atoms with E-state index in [2.05, 4.69) is 22.9 Å². The summed E-state index contributed by atoms with van der Waals surface area (Å²) in [6.07, 6.45) is 4.85. The molecule has 5 nitrogen and oxygen atoms in total. The van der Waals surface area contributed by atoms with E-state index in [0.717, 1.165) is 23.9 Å². The number of quaternary nitrogens is 1. The van der Waals surface area contributed by atoms with Crippen molar-refractivity contribution in [1.82, 2.24) is 0 Å². The van der Waals surface area contributed by atoms with Crippen LogP contribution in [0.15, 0.2) is 56.3 Å². The second-order valence-corrected chi connectivity index (χ2v) is 8.22. The molecule has 4 rings (SSSR count). The van der Waals surface area contributed by atoms with E-state index in [1.807, 2.05) is 18.2 Å². The Balaban J connectivity index is 1.72. The summed E-state index contributed by atoms with van der Waals surface area (Å²) in [4.78, 5) is 14.3. The number of nitrogens with one attached hydrogen (secondary N) is 1. The van der Waals surface area contributed by atoms with E-state index in [9.17, 15) is 9.90 Å². The van der Waals surface area contributed by atoms with Gasteiger partial charge in [0.1, 0.15) is 24.1 Å². The van der Waals surface area contributed by atoms with Gasteiger partial charge in [0.05, 0.1) is 22.4 Å². The quantitative estimate of drug-likeness (QED) is 0.670. The summed E-state index contributed by atoms with van der Waals surface area (Å²) in [5.74, 6) is 0.546. The molecule has 0 spiro atoms. The lowest BCUT2D eigenvalue weighted by molar-refractivity contribution is -0.941. The minimum Gasteiger partial charge on any atom is -0.872 e. The molecule has 2 aromatic carbocycles. The zero-order valence-corrected chi connectivity index (χ0v) is 17.3. The molecule has 0 saturated carbocycles. The number of hydrogen-bond donors (Lipinski definition) is 1. The minimum atomic E-state index is -0.278. The molecule has 3 aromatic rings. The Morgan fingerprint density at radius 2 is 2.04 bits per heavy atom. The van der Waals surface area contributed by atoms with Crippen molar-refractivity contribution in [2.75, 3.05) is 6.54 Å². The van der Waals surface area contributed by atoms with Crippen molar-refractivity contribution in [3.05, 3.63) is 62.9 Å². The first-order valence-corrected chi connectivity index (χ1v) is 10.3. The Hall–Kier alpha value is -2.31. The van der Waals surface area contributed by atoms with Crippen molar-refractivity contribution in [2.24, 2.45) is 0 Å². The van der Waals surface area contributed by atoms with Gasteiger partial charge in [0.2, 0.25) is 11.2 Å². The monoisotopic (exact) mass is 443 g/mol. The summed E-state index contributed by atoms with van der Waals surface area (Å²) in [6.45, 7) is 3.82. The van der Waals surface area contributed by atoms with Crippen LogP contribution in [0.5, 0.6) is 17.2 Å². The highest BCUT2D eigenvalue weighted by Crippen LogP contribution is 2.30. The van der Waals surface area contributed by atoms with Gasteiger partial charge in [-0.25, -0.2) is 0 Å². The fraction of sp³-hybridized carbons (Fsp3) is 0.318. The van der Waals surface area contributed by atoms with Gasteiger partial charge in [-0.05, 0) is 60.3 Å². The lowest BCUT2D eigenvalue weighted by atomic mass is 10.0. The molecule has 2 unspecified atom stereocenters. The fourth-order valence-electron chi connectivity index (χ4n) is 3.85. The van der Waals surface area contributed by atoms with Crippen molar-refractivity contribution in [1.29, 1.82) is 0 Å². The predicted molar refractivity (Wildman–Crippen MR) is 109 cm³/mol. The van der Waals surface area contributed by atoms with Crippen LogP contribution in [0.1, 0.15) is 31.7 Å². The summed E-state index contributed by atoms with van der Waals surface area (Å²) in [6, 6.07) is 10.8. The summed E-state index contributed by atoms with van der Waals surface area (Å²) >= 11 is 3.41. The Morgan fingerprint density at radius 3 is 2.82 bits per heavy atom. The Labute approximate surface area is 171 Å². The molecule has 2 heterocycles. The Morgan fingerprint density at radius 1 is 1.21 bits per heavy atom. The first kappa shape index (κ1) is 19.0. The zero-order valence-electron chi connectivity index (χ0n) is 15.7. The standard InChI is InChI=1S/C22H22BrNO4/c1-14-6-4-5-11-24(14)12-16-18(25)10-9-15-21(26)20(13-27-22(15)16)28-19-8-3-2-7-17(19)23/h2-3,7-10,13-14,25H,4-6,11-12H2,1H3. The topological polar surface area (TPSA) is 66.9 Å². The Bertz CT molecular complexity index is 1060. The third kappa shape index (κ3) is 3.66. The number of ether oxygens (including phenoxy) is 1. The van der Waals surface area contributed by atoms with Gasteiger partial charge in [0.25, 0.3) is 0 Å². The number of para-hydroxylation sites is 1. The number of halogens is 1. The molecule has 0 radical (unpaired) electrons. The van der Waals surface area contributed by atoms with Crippen LogP contribution in [0, 0.1) is 0 Å². The lowest BCUT2D eigenvalue weighted by Gasteiger charge is -2.31. The highest BCUT2D eigenvalue weighted by molar-refractivity contribution is 9.10. The molecule has 1 N–H and O–H groups in total. The largest absolute Gasteiger partial charge is 0.872 e. The van der Waals surface area contributed by atoms with Gasteiger partial charge in [0, 0.05) is 5.56 Å². The van der Waals surface area contributed by atoms with Gasteiger partial charge in [-0.1, -0.05) is 23.9 Å². The van der Waals surface area contributed by atoms with Gasteiger partial charge in [-0.2, -0.15) is 0 Å². The minimum absolute atomic E-state index is 0.0830. The Kier molecular flexibility index (Phi) is 5.42. The second-order valence-electron chi connectivity index (χ2n) is 7.36. The van der Waals surface area contributed by atoms with E-state index in [0.29, 0.717) is 34.9 Å². The normalized spacial score (nSPS) is 19.6.